The van der Waals surface area contributed by atoms with Crippen LogP contribution in [0.25, 0.3) is 0 Å². The number of aliphatic carboxylic acids is 1. The number of aryl methyl sites for hydroxylation is 1. The van der Waals surface area contributed by atoms with Crippen LogP contribution >= 0.6 is 0 Å². The van der Waals surface area contributed by atoms with Gasteiger partial charge in [-0.2, -0.15) is 0 Å². The van der Waals surface area contributed by atoms with Gasteiger partial charge in [0.1, 0.15) is 10.7 Å². The summed E-state index contributed by atoms with van der Waals surface area (Å²) in [4.78, 5) is 11.8. The first kappa shape index (κ1) is 24.1. The van der Waals surface area contributed by atoms with Gasteiger partial charge in [0.15, 0.2) is 0 Å². The third kappa shape index (κ3) is 7.60. The molecule has 0 heterocycles. The van der Waals surface area contributed by atoms with Crippen molar-refractivity contribution in [3.63, 3.8) is 0 Å². The van der Waals surface area contributed by atoms with E-state index in [1.807, 2.05) is 42.5 Å². The largest absolute Gasteiger partial charge is 0.481 e. The lowest BCUT2D eigenvalue weighted by Gasteiger charge is -2.21. The van der Waals surface area contributed by atoms with Gasteiger partial charge in [-0.15, -0.1) is 0 Å². The number of carboxylic acid groups (broad SMARTS) is 1. The van der Waals surface area contributed by atoms with Crippen LogP contribution in [-0.4, -0.2) is 24.7 Å². The van der Waals surface area contributed by atoms with Crippen molar-refractivity contribution in [3.05, 3.63) is 71.3 Å². The van der Waals surface area contributed by atoms with Gasteiger partial charge in [-0.25, -0.2) is 8.42 Å². The lowest BCUT2D eigenvalue weighted by Crippen LogP contribution is -2.31. The van der Waals surface area contributed by atoms with E-state index < -0.39 is 27.8 Å². The number of unbranched alkanes of at least 4 members (excludes halogenated alkanes) is 2. The molecule has 0 amide bonds. The average Bonchev–Trinajstić information content (AvgIpc) is 2.69. The first-order valence-corrected chi connectivity index (χ1v) is 11.9. The number of carboxylic acids is 1. The van der Waals surface area contributed by atoms with Crippen LogP contribution in [0.4, 0.5) is 0 Å². The molecule has 0 radical (unpaired) electrons. The molecule has 2 rings (SSSR count). The van der Waals surface area contributed by atoms with Gasteiger partial charge in [0.05, 0.1) is 11.2 Å². The third-order valence-corrected chi connectivity index (χ3v) is 6.72. The highest BCUT2D eigenvalue weighted by Crippen LogP contribution is 2.25. The molecule has 4 nitrogen and oxygen atoms in total. The Balaban J connectivity index is 1.95. The van der Waals surface area contributed by atoms with E-state index in [4.69, 9.17) is 0 Å². The van der Waals surface area contributed by atoms with Gasteiger partial charge in [-0.05, 0) is 47.8 Å². The van der Waals surface area contributed by atoms with E-state index in [0.29, 0.717) is 12.8 Å². The Hall–Kier alpha value is -2.14. The van der Waals surface area contributed by atoms with Crippen LogP contribution in [0.1, 0.15) is 63.1 Å². The fourth-order valence-corrected chi connectivity index (χ4v) is 4.67. The smallest absolute Gasteiger partial charge is 0.307 e. The Morgan fingerprint density at radius 1 is 0.900 bits per heavy atom. The molecule has 0 bridgehead atoms. The van der Waals surface area contributed by atoms with Gasteiger partial charge < -0.3 is 5.11 Å². The van der Waals surface area contributed by atoms with Crippen molar-refractivity contribution in [2.75, 3.05) is 0 Å². The molecule has 1 N–H and O–H groups in total. The van der Waals surface area contributed by atoms with E-state index in [2.05, 4.69) is 32.9 Å². The summed E-state index contributed by atoms with van der Waals surface area (Å²) in [5, 5.41) is 8.81. The summed E-state index contributed by atoms with van der Waals surface area (Å²) in [6.07, 6.45) is 4.16. The maximum absolute atomic E-state index is 11.9. The highest BCUT2D eigenvalue weighted by molar-refractivity contribution is 7.73. The zero-order valence-corrected chi connectivity index (χ0v) is 19.1. The quantitative estimate of drug-likeness (QED) is 0.388. The summed E-state index contributed by atoms with van der Waals surface area (Å²) in [6, 6.07) is 18.0. The fourth-order valence-electron chi connectivity index (χ4n) is 3.74. The van der Waals surface area contributed by atoms with Crippen molar-refractivity contribution in [3.8, 4) is 0 Å². The highest BCUT2D eigenvalue weighted by Gasteiger charge is 2.30. The molecule has 2 aromatic carbocycles. The predicted octanol–water partition coefficient (Wildman–Crippen LogP) is 5.01. The lowest BCUT2D eigenvalue weighted by molar-refractivity contribution is -0.142. The summed E-state index contributed by atoms with van der Waals surface area (Å²) in [5.74, 6) is -1.89. The SMILES string of the molecule is CC(C)(C)c1ccc(CC(C(CCCCCc2ccccc2)C(=O)O)[SH](=O)=O)cc1. The van der Waals surface area contributed by atoms with E-state index in [9.17, 15) is 18.3 Å². The van der Waals surface area contributed by atoms with Crippen LogP contribution in [0.2, 0.25) is 0 Å². The number of hydrogen-bond acceptors (Lipinski definition) is 3. The molecule has 30 heavy (non-hydrogen) atoms. The van der Waals surface area contributed by atoms with Gasteiger partial charge in [0.25, 0.3) is 0 Å². The summed E-state index contributed by atoms with van der Waals surface area (Å²) in [7, 11) is -2.83. The van der Waals surface area contributed by atoms with E-state index in [1.165, 1.54) is 11.1 Å². The van der Waals surface area contributed by atoms with E-state index in [0.717, 1.165) is 24.8 Å². The Bertz CT molecular complexity index is 856. The second-order valence-electron chi connectivity index (χ2n) is 9.03. The minimum atomic E-state index is -2.83. The second kappa shape index (κ2) is 11.3. The molecule has 164 valence electrons. The highest BCUT2D eigenvalue weighted by atomic mass is 32.2. The van der Waals surface area contributed by atoms with Crippen molar-refractivity contribution >= 4 is 16.7 Å². The van der Waals surface area contributed by atoms with Crippen LogP contribution in [0, 0.1) is 5.92 Å². The normalized spacial score (nSPS) is 13.9. The zero-order chi connectivity index (χ0) is 22.1. The van der Waals surface area contributed by atoms with Gasteiger partial charge in [-0.1, -0.05) is 88.2 Å². The number of carbonyl (C=O) groups is 1. The van der Waals surface area contributed by atoms with Crippen molar-refractivity contribution in [2.24, 2.45) is 5.92 Å². The van der Waals surface area contributed by atoms with E-state index in [-0.39, 0.29) is 11.8 Å². The first-order chi connectivity index (χ1) is 14.2. The van der Waals surface area contributed by atoms with Gasteiger partial charge in [-0.3, -0.25) is 4.79 Å². The number of hydrogen-bond donors (Lipinski definition) is 2. The minimum Gasteiger partial charge on any atom is -0.481 e. The topological polar surface area (TPSA) is 71.4 Å². The third-order valence-electron chi connectivity index (χ3n) is 5.64. The second-order valence-corrected chi connectivity index (χ2v) is 10.3. The predicted molar refractivity (Wildman–Crippen MR) is 123 cm³/mol. The Morgan fingerprint density at radius 3 is 2.07 bits per heavy atom. The minimum absolute atomic E-state index is 0.0188. The van der Waals surface area contributed by atoms with Crippen LogP contribution in [0.5, 0.6) is 0 Å². The molecule has 2 unspecified atom stereocenters. The maximum Gasteiger partial charge on any atom is 0.307 e. The molecule has 0 aliphatic heterocycles. The summed E-state index contributed by atoms with van der Waals surface area (Å²) in [6.45, 7) is 6.37. The van der Waals surface area contributed by atoms with Crippen molar-refractivity contribution in [1.82, 2.24) is 0 Å². The summed E-state index contributed by atoms with van der Waals surface area (Å²) in [5.41, 5.74) is 3.32. The number of thiol groups is 1. The first-order valence-electron chi connectivity index (χ1n) is 10.7. The number of rotatable bonds is 11. The van der Waals surface area contributed by atoms with E-state index in [1.54, 1.807) is 0 Å². The molecule has 0 aliphatic rings. The van der Waals surface area contributed by atoms with Crippen molar-refractivity contribution in [1.29, 1.82) is 0 Å². The van der Waals surface area contributed by atoms with Gasteiger partial charge in [0.2, 0.25) is 0 Å². The molecule has 0 saturated heterocycles. The molecule has 0 aliphatic carbocycles. The molecule has 0 fully saturated rings. The van der Waals surface area contributed by atoms with Gasteiger partial charge >= 0.3 is 5.97 Å². The van der Waals surface area contributed by atoms with E-state index >= 15 is 0 Å². The molecule has 5 heteroatoms. The monoisotopic (exact) mass is 430 g/mol. The summed E-state index contributed by atoms with van der Waals surface area (Å²) < 4.78 is 23.8. The average molecular weight is 431 g/mol. The Labute approximate surface area is 182 Å². The molecular weight excluding hydrogens is 396 g/mol. The van der Waals surface area contributed by atoms with Crippen LogP contribution in [0.3, 0.4) is 0 Å². The Kier molecular flexibility index (Phi) is 9.09. The van der Waals surface area contributed by atoms with Crippen molar-refractivity contribution < 1.29 is 18.3 Å². The van der Waals surface area contributed by atoms with Gasteiger partial charge in [0, 0.05) is 0 Å². The Morgan fingerprint density at radius 2 is 1.53 bits per heavy atom. The molecule has 0 saturated carbocycles. The van der Waals surface area contributed by atoms with Crippen LogP contribution in [0.15, 0.2) is 54.6 Å². The molecule has 2 atom stereocenters. The maximum atomic E-state index is 11.9. The molecule has 2 aromatic rings. The molecule has 0 aromatic heterocycles. The van der Waals surface area contributed by atoms with Crippen LogP contribution in [-0.2, 0) is 33.8 Å². The zero-order valence-electron chi connectivity index (χ0n) is 18.2. The van der Waals surface area contributed by atoms with Crippen molar-refractivity contribution in [2.45, 2.75) is 70.0 Å². The molecular formula is C25H34O4S. The summed E-state index contributed by atoms with van der Waals surface area (Å²) >= 11 is 0. The van der Waals surface area contributed by atoms with Crippen LogP contribution < -0.4 is 0 Å². The lowest BCUT2D eigenvalue weighted by atomic mass is 9.86. The number of benzene rings is 2. The fraction of sp³-hybridized carbons (Fsp3) is 0.480. The standard InChI is InChI=1S/C25H34O4S/c1-25(2,3)21-16-14-20(15-17-21)18-23(30(28)29)22(24(26)27)13-9-5-8-12-19-10-6-4-7-11-19/h4,6-7,10-11,14-17,22-23,30H,5,8-9,12-13,18H2,1-3H3,(H,26,27). The molecule has 0 spiro atoms.